The van der Waals surface area contributed by atoms with Crippen molar-refractivity contribution < 1.29 is 31.5 Å². The van der Waals surface area contributed by atoms with Gasteiger partial charge in [0, 0.05) is 11.6 Å². The van der Waals surface area contributed by atoms with Gasteiger partial charge < -0.3 is 10.4 Å². The van der Waals surface area contributed by atoms with Crippen LogP contribution >= 0.6 is 0 Å². The number of nitrogens with one attached hydrogen (secondary N) is 2. The van der Waals surface area contributed by atoms with Crippen LogP contribution in [0.1, 0.15) is 36.8 Å². The molecule has 2 aromatic heterocycles. The number of nitrogens with zero attached hydrogens (tertiary/aromatic N) is 2. The van der Waals surface area contributed by atoms with Crippen LogP contribution in [0.4, 0.5) is 24.8 Å². The molecule has 0 unspecified atom stereocenters. The van der Waals surface area contributed by atoms with Gasteiger partial charge in [-0.3, -0.25) is 9.52 Å². The number of carboxylic acids is 1. The highest BCUT2D eigenvalue weighted by Crippen LogP contribution is 2.38. The van der Waals surface area contributed by atoms with Crippen LogP contribution in [0.5, 0.6) is 0 Å². The number of aryl methyl sites for hydroxylation is 1. The molecule has 0 amide bonds. The third kappa shape index (κ3) is 6.19. The second-order valence-electron chi connectivity index (χ2n) is 8.91. The summed E-state index contributed by atoms with van der Waals surface area (Å²) in [5.41, 5.74) is -0.596. The molecule has 4 rings (SSSR count). The Morgan fingerprint density at radius 2 is 1.76 bits per heavy atom. The molecule has 1 aliphatic rings. The molecule has 37 heavy (non-hydrogen) atoms. The molecular formula is C25H25F3N4O4S. The number of hydrogen-bond donors (Lipinski definition) is 3. The van der Waals surface area contributed by atoms with Crippen LogP contribution in [0.2, 0.25) is 0 Å². The molecule has 1 aliphatic carbocycles. The molecule has 196 valence electrons. The lowest BCUT2D eigenvalue weighted by molar-refractivity contribution is -0.143. The first-order chi connectivity index (χ1) is 17.4. The van der Waals surface area contributed by atoms with E-state index in [9.17, 15) is 31.5 Å². The smallest absolute Gasteiger partial charge is 0.418 e. The minimum atomic E-state index is -4.69. The van der Waals surface area contributed by atoms with Crippen LogP contribution in [0.15, 0.2) is 59.6 Å². The number of pyridine rings is 2. The van der Waals surface area contributed by atoms with Crippen LogP contribution in [0, 0.1) is 12.8 Å². The van der Waals surface area contributed by atoms with Gasteiger partial charge in [-0.1, -0.05) is 36.8 Å². The number of carboxylic acid groups (broad SMARTS) is 1. The number of hydrogen-bond acceptors (Lipinski definition) is 6. The number of rotatable bonds is 7. The van der Waals surface area contributed by atoms with Gasteiger partial charge in [-0.2, -0.15) is 21.6 Å². The maximum absolute atomic E-state index is 13.7. The van der Waals surface area contributed by atoms with Crippen molar-refractivity contribution in [2.45, 2.75) is 49.9 Å². The Balaban J connectivity index is 1.60. The van der Waals surface area contributed by atoms with E-state index in [4.69, 9.17) is 0 Å². The summed E-state index contributed by atoms with van der Waals surface area (Å²) >= 11 is 0. The summed E-state index contributed by atoms with van der Waals surface area (Å²) < 4.78 is 69.3. The number of halogens is 3. The number of sulfonamides is 1. The number of aromatic nitrogens is 2. The summed E-state index contributed by atoms with van der Waals surface area (Å²) in [4.78, 5) is 19.5. The molecule has 0 spiro atoms. The maximum atomic E-state index is 13.7. The molecule has 1 saturated carbocycles. The van der Waals surface area contributed by atoms with Gasteiger partial charge in [0.15, 0.2) is 5.03 Å². The van der Waals surface area contributed by atoms with E-state index in [1.165, 1.54) is 18.2 Å². The van der Waals surface area contributed by atoms with Crippen molar-refractivity contribution in [1.82, 2.24) is 9.97 Å². The van der Waals surface area contributed by atoms with E-state index in [0.717, 1.165) is 25.0 Å². The van der Waals surface area contributed by atoms with Crippen molar-refractivity contribution in [3.8, 4) is 11.3 Å². The van der Waals surface area contributed by atoms with Gasteiger partial charge >= 0.3 is 12.1 Å². The Morgan fingerprint density at radius 1 is 1.00 bits per heavy atom. The highest BCUT2D eigenvalue weighted by molar-refractivity contribution is 7.92. The minimum Gasteiger partial charge on any atom is -0.481 e. The van der Waals surface area contributed by atoms with Gasteiger partial charge in [0.2, 0.25) is 0 Å². The number of benzene rings is 1. The summed E-state index contributed by atoms with van der Waals surface area (Å²) in [6.07, 6.45) is -2.27. The summed E-state index contributed by atoms with van der Waals surface area (Å²) in [6, 6.07) is 12.2. The number of anilines is 2. The molecule has 12 heteroatoms. The third-order valence-corrected chi connectivity index (χ3v) is 7.47. The highest BCUT2D eigenvalue weighted by atomic mass is 32.2. The lowest BCUT2D eigenvalue weighted by Gasteiger charge is -2.27. The molecular weight excluding hydrogens is 509 g/mol. The topological polar surface area (TPSA) is 121 Å². The Labute approximate surface area is 212 Å². The van der Waals surface area contributed by atoms with Crippen molar-refractivity contribution in [2.75, 3.05) is 10.0 Å². The molecule has 0 radical (unpaired) electrons. The summed E-state index contributed by atoms with van der Waals surface area (Å²) in [6.45, 7) is 1.64. The summed E-state index contributed by atoms with van der Waals surface area (Å²) in [5, 5.41) is 12.0. The fraction of sp³-hybridized carbons (Fsp3) is 0.320. The fourth-order valence-corrected chi connectivity index (χ4v) is 5.35. The Morgan fingerprint density at radius 3 is 2.46 bits per heavy atom. The largest absolute Gasteiger partial charge is 0.481 e. The second kappa shape index (κ2) is 10.4. The molecule has 8 nitrogen and oxygen atoms in total. The van der Waals surface area contributed by atoms with E-state index in [0.29, 0.717) is 18.4 Å². The van der Waals surface area contributed by atoms with Crippen LogP contribution in [0.25, 0.3) is 11.3 Å². The van der Waals surface area contributed by atoms with E-state index < -0.39 is 33.7 Å². The Bertz CT molecular complexity index is 1410. The van der Waals surface area contributed by atoms with Gasteiger partial charge in [0.25, 0.3) is 10.0 Å². The zero-order valence-corrected chi connectivity index (χ0v) is 20.6. The average Bonchev–Trinajstić information content (AvgIpc) is 2.84. The van der Waals surface area contributed by atoms with Gasteiger partial charge in [-0.25, -0.2) is 9.97 Å². The molecule has 1 aromatic carbocycles. The summed E-state index contributed by atoms with van der Waals surface area (Å²) in [7, 11) is -4.30. The molecule has 2 atom stereocenters. The zero-order valence-electron chi connectivity index (χ0n) is 19.8. The van der Waals surface area contributed by atoms with Gasteiger partial charge in [0.05, 0.1) is 17.2 Å². The quantitative estimate of drug-likeness (QED) is 0.375. The maximum Gasteiger partial charge on any atom is 0.418 e. The van der Waals surface area contributed by atoms with Crippen molar-refractivity contribution in [2.24, 2.45) is 5.92 Å². The van der Waals surface area contributed by atoms with Gasteiger partial charge in [-0.05, 0) is 56.0 Å². The molecule has 0 aliphatic heterocycles. The lowest BCUT2D eigenvalue weighted by atomic mass is 9.86. The summed E-state index contributed by atoms with van der Waals surface area (Å²) in [5.74, 6) is -1.38. The zero-order chi connectivity index (χ0) is 26.8. The van der Waals surface area contributed by atoms with Crippen molar-refractivity contribution >= 4 is 27.6 Å². The second-order valence-corrected chi connectivity index (χ2v) is 10.5. The molecule has 2 heterocycles. The SMILES string of the molecule is Cc1ccccc1-c1nc(NS(=O)(=O)c2cccc(N[C@@H]3CCC[C@H](C(=O)O)C3)n2)ccc1C(F)(F)F. The first kappa shape index (κ1) is 26.4. The average molecular weight is 535 g/mol. The Kier molecular flexibility index (Phi) is 7.39. The highest BCUT2D eigenvalue weighted by Gasteiger charge is 2.35. The van der Waals surface area contributed by atoms with E-state index >= 15 is 0 Å². The van der Waals surface area contributed by atoms with Crippen molar-refractivity contribution in [3.63, 3.8) is 0 Å². The first-order valence-corrected chi connectivity index (χ1v) is 13.1. The normalized spacial score (nSPS) is 18.3. The number of aliphatic carboxylic acids is 1. The first-order valence-electron chi connectivity index (χ1n) is 11.6. The van der Waals surface area contributed by atoms with Gasteiger partial charge in [-0.15, -0.1) is 0 Å². The molecule has 1 fully saturated rings. The van der Waals surface area contributed by atoms with E-state index in [2.05, 4.69) is 20.0 Å². The van der Waals surface area contributed by atoms with Crippen molar-refractivity contribution in [1.29, 1.82) is 0 Å². The molecule has 0 bridgehead atoms. The monoisotopic (exact) mass is 534 g/mol. The predicted molar refractivity (Wildman–Crippen MR) is 131 cm³/mol. The Hall–Kier alpha value is -3.67. The van der Waals surface area contributed by atoms with Crippen LogP contribution in [-0.4, -0.2) is 35.5 Å². The van der Waals surface area contributed by atoms with E-state index in [1.54, 1.807) is 31.2 Å². The third-order valence-electron chi connectivity index (χ3n) is 6.21. The van der Waals surface area contributed by atoms with Crippen molar-refractivity contribution in [3.05, 3.63) is 65.7 Å². The minimum absolute atomic E-state index is 0.179. The number of alkyl halides is 3. The van der Waals surface area contributed by atoms with E-state index in [-0.39, 0.29) is 34.0 Å². The van der Waals surface area contributed by atoms with E-state index in [1.807, 2.05) is 0 Å². The lowest BCUT2D eigenvalue weighted by Crippen LogP contribution is -2.31. The molecule has 0 saturated heterocycles. The molecule has 3 aromatic rings. The van der Waals surface area contributed by atoms with Crippen LogP contribution < -0.4 is 10.0 Å². The number of carbonyl (C=O) groups is 1. The predicted octanol–water partition coefficient (Wildman–Crippen LogP) is 5.33. The van der Waals surface area contributed by atoms with Crippen LogP contribution in [-0.2, 0) is 21.0 Å². The standard InChI is InChI=1S/C25H25F3N4O4S/c1-15-6-2-3-9-18(15)23-19(25(26,27)28)12-13-21(31-23)32-37(35,36)22-11-5-10-20(30-22)29-17-8-4-7-16(14-17)24(33)34/h2-3,5-6,9-13,16-17H,4,7-8,14H2,1H3,(H,29,30)(H,31,32)(H,33,34)/t16-,17+/m0/s1. The molecule has 3 N–H and O–H groups in total. The van der Waals surface area contributed by atoms with Crippen LogP contribution in [0.3, 0.4) is 0 Å². The van der Waals surface area contributed by atoms with Gasteiger partial charge in [0.1, 0.15) is 11.6 Å². The fourth-order valence-electron chi connectivity index (χ4n) is 4.38.